The zero-order chi connectivity index (χ0) is 22.4. The van der Waals surface area contributed by atoms with E-state index in [9.17, 15) is 25.0 Å². The number of carbonyl (C=O) groups is 2. The fraction of sp³-hybridized carbons (Fsp3) is 0.318. The molecule has 0 heterocycles. The van der Waals surface area contributed by atoms with E-state index < -0.39 is 28.9 Å². The number of nitrogens with zero attached hydrogens (tertiary/aromatic N) is 2. The molecule has 8 nitrogen and oxygen atoms in total. The third-order valence-corrected chi connectivity index (χ3v) is 6.10. The van der Waals surface area contributed by atoms with Gasteiger partial charge in [0.05, 0.1) is 21.5 Å². The molecule has 1 N–H and O–H groups in total. The second-order valence-electron chi connectivity index (χ2n) is 7.38. The quantitative estimate of drug-likeness (QED) is 0.390. The van der Waals surface area contributed by atoms with Gasteiger partial charge in [-0.25, -0.2) is 4.79 Å². The van der Waals surface area contributed by atoms with E-state index >= 15 is 0 Å². The Bertz CT molecular complexity index is 1040. The van der Waals surface area contributed by atoms with Gasteiger partial charge in [0.15, 0.2) is 6.61 Å². The molecule has 1 amide bonds. The zero-order valence-electron chi connectivity index (χ0n) is 16.9. The number of hydrogen-bond acceptors (Lipinski definition) is 7. The maximum absolute atomic E-state index is 12.3. The molecule has 1 saturated carbocycles. The van der Waals surface area contributed by atoms with Gasteiger partial charge in [-0.15, -0.1) is 0 Å². The lowest BCUT2D eigenvalue weighted by Gasteiger charge is -2.21. The van der Waals surface area contributed by atoms with Crippen LogP contribution in [0, 0.1) is 28.4 Å². The summed E-state index contributed by atoms with van der Waals surface area (Å²) in [5.41, 5.74) is -0.0750. The number of amides is 1. The van der Waals surface area contributed by atoms with Crippen molar-refractivity contribution in [3.05, 3.63) is 63.7 Å². The van der Waals surface area contributed by atoms with Crippen molar-refractivity contribution < 1.29 is 19.2 Å². The number of nitro benzene ring substituents is 1. The predicted molar refractivity (Wildman–Crippen MR) is 114 cm³/mol. The van der Waals surface area contributed by atoms with Crippen LogP contribution in [0.2, 0.25) is 0 Å². The van der Waals surface area contributed by atoms with Crippen molar-refractivity contribution in [2.45, 2.75) is 47.9 Å². The van der Waals surface area contributed by atoms with E-state index in [0.717, 1.165) is 29.4 Å². The van der Waals surface area contributed by atoms with E-state index in [1.165, 1.54) is 23.9 Å². The molecule has 3 rings (SSSR count). The third kappa shape index (κ3) is 5.61. The molecule has 1 aliphatic carbocycles. The highest BCUT2D eigenvalue weighted by Gasteiger charge is 2.35. The number of aryl methyl sites for hydroxylation is 1. The smallest absolute Gasteiger partial charge is 0.338 e. The van der Waals surface area contributed by atoms with Crippen molar-refractivity contribution in [3.8, 4) is 6.07 Å². The van der Waals surface area contributed by atoms with Crippen molar-refractivity contribution >= 4 is 29.3 Å². The van der Waals surface area contributed by atoms with Crippen LogP contribution in [0.4, 0.5) is 5.69 Å². The molecule has 0 atom stereocenters. The van der Waals surface area contributed by atoms with Crippen LogP contribution in [0.15, 0.2) is 52.3 Å². The summed E-state index contributed by atoms with van der Waals surface area (Å²) in [6.45, 7) is 1.39. The van der Waals surface area contributed by atoms with Crippen molar-refractivity contribution in [2.24, 2.45) is 0 Å². The second-order valence-corrected chi connectivity index (χ2v) is 8.50. The Morgan fingerprint density at radius 1 is 1.23 bits per heavy atom. The number of carbonyl (C=O) groups excluding carboxylic acids is 2. The highest BCUT2D eigenvalue weighted by Crippen LogP contribution is 2.35. The largest absolute Gasteiger partial charge is 0.452 e. The number of esters is 1. The van der Waals surface area contributed by atoms with E-state index in [4.69, 9.17) is 4.74 Å². The molecular formula is C22H21N3O5S. The molecule has 31 heavy (non-hydrogen) atoms. The molecule has 0 bridgehead atoms. The molecule has 0 unspecified atom stereocenters. The normalized spacial score (nSPS) is 14.5. The van der Waals surface area contributed by atoms with Crippen LogP contribution in [-0.4, -0.2) is 28.9 Å². The minimum atomic E-state index is -0.906. The summed E-state index contributed by atoms with van der Waals surface area (Å²) in [6.07, 6.45) is 2.83. The SMILES string of the molecule is Cc1ccc(Sc2ccc(C(=O)OCC(=O)NC3(C#N)CCCC3)cc2[N+](=O)[O-])cc1. The van der Waals surface area contributed by atoms with Crippen LogP contribution < -0.4 is 5.32 Å². The summed E-state index contributed by atoms with van der Waals surface area (Å²) in [5.74, 6) is -1.42. The molecule has 0 radical (unpaired) electrons. The Kier molecular flexibility index (Phi) is 6.92. The Hall–Kier alpha value is -3.38. The van der Waals surface area contributed by atoms with E-state index in [1.807, 2.05) is 31.2 Å². The first-order valence-corrected chi connectivity index (χ1v) is 10.6. The molecule has 0 spiro atoms. The zero-order valence-corrected chi connectivity index (χ0v) is 17.7. The van der Waals surface area contributed by atoms with Gasteiger partial charge >= 0.3 is 5.97 Å². The van der Waals surface area contributed by atoms with E-state index in [-0.39, 0.29) is 11.3 Å². The summed E-state index contributed by atoms with van der Waals surface area (Å²) < 4.78 is 5.01. The first kappa shape index (κ1) is 22.3. The number of benzene rings is 2. The summed E-state index contributed by atoms with van der Waals surface area (Å²) in [7, 11) is 0. The maximum Gasteiger partial charge on any atom is 0.338 e. The van der Waals surface area contributed by atoms with Crippen LogP contribution in [0.1, 0.15) is 41.6 Å². The number of nitrogens with one attached hydrogen (secondary N) is 1. The van der Waals surface area contributed by atoms with Gasteiger partial charge in [-0.1, -0.05) is 29.5 Å². The highest BCUT2D eigenvalue weighted by atomic mass is 32.2. The minimum Gasteiger partial charge on any atom is -0.452 e. The number of nitriles is 1. The molecule has 2 aromatic rings. The summed E-state index contributed by atoms with van der Waals surface area (Å²) in [5, 5.41) is 23.5. The topological polar surface area (TPSA) is 122 Å². The van der Waals surface area contributed by atoms with Gasteiger partial charge in [0, 0.05) is 11.0 Å². The van der Waals surface area contributed by atoms with Gasteiger partial charge in [-0.2, -0.15) is 5.26 Å². The van der Waals surface area contributed by atoms with Gasteiger partial charge in [-0.3, -0.25) is 14.9 Å². The van der Waals surface area contributed by atoms with Crippen LogP contribution >= 0.6 is 11.8 Å². The average Bonchev–Trinajstić information content (AvgIpc) is 3.22. The van der Waals surface area contributed by atoms with Gasteiger partial charge in [0.25, 0.3) is 11.6 Å². The van der Waals surface area contributed by atoms with Gasteiger partial charge in [0.2, 0.25) is 0 Å². The molecule has 2 aromatic carbocycles. The van der Waals surface area contributed by atoms with Gasteiger partial charge < -0.3 is 10.1 Å². The van der Waals surface area contributed by atoms with E-state index in [2.05, 4.69) is 11.4 Å². The Balaban J connectivity index is 1.66. The fourth-order valence-electron chi connectivity index (χ4n) is 3.37. The van der Waals surface area contributed by atoms with E-state index in [1.54, 1.807) is 0 Å². The monoisotopic (exact) mass is 439 g/mol. The van der Waals surface area contributed by atoms with Crippen LogP contribution in [0.3, 0.4) is 0 Å². The van der Waals surface area contributed by atoms with Crippen LogP contribution in [-0.2, 0) is 9.53 Å². The number of rotatable bonds is 7. The third-order valence-electron chi connectivity index (χ3n) is 5.02. The molecule has 0 saturated heterocycles. The van der Waals surface area contributed by atoms with Crippen LogP contribution in [0.5, 0.6) is 0 Å². The first-order valence-electron chi connectivity index (χ1n) is 9.74. The highest BCUT2D eigenvalue weighted by molar-refractivity contribution is 7.99. The molecule has 0 aliphatic heterocycles. The average molecular weight is 439 g/mol. The molecule has 1 fully saturated rings. The predicted octanol–water partition coefficient (Wildman–Crippen LogP) is 4.16. The van der Waals surface area contributed by atoms with E-state index in [0.29, 0.717) is 17.7 Å². The lowest BCUT2D eigenvalue weighted by atomic mass is 10.00. The lowest BCUT2D eigenvalue weighted by molar-refractivity contribution is -0.387. The van der Waals surface area contributed by atoms with Crippen molar-refractivity contribution in [1.82, 2.24) is 5.32 Å². The standard InChI is InChI=1S/C22H21N3O5S/c1-15-4-7-17(8-5-15)31-19-9-6-16(12-18(19)25(28)29)21(27)30-13-20(26)24-22(14-23)10-2-3-11-22/h4-9,12H,2-3,10-11,13H2,1H3,(H,24,26). The van der Waals surface area contributed by atoms with Crippen molar-refractivity contribution in [1.29, 1.82) is 5.26 Å². The minimum absolute atomic E-state index is 0.0244. The summed E-state index contributed by atoms with van der Waals surface area (Å²) in [4.78, 5) is 36.6. The first-order chi connectivity index (χ1) is 14.8. The number of nitro groups is 1. The molecule has 9 heteroatoms. The van der Waals surface area contributed by atoms with Crippen LogP contribution in [0.25, 0.3) is 0 Å². The maximum atomic E-state index is 12.3. The number of hydrogen-bond donors (Lipinski definition) is 1. The van der Waals surface area contributed by atoms with Crippen molar-refractivity contribution in [3.63, 3.8) is 0 Å². The van der Waals surface area contributed by atoms with Gasteiger partial charge in [-0.05, 0) is 56.9 Å². The number of ether oxygens (including phenoxy) is 1. The van der Waals surface area contributed by atoms with Crippen molar-refractivity contribution in [2.75, 3.05) is 6.61 Å². The molecule has 0 aromatic heterocycles. The summed E-state index contributed by atoms with van der Waals surface area (Å²) >= 11 is 1.22. The Morgan fingerprint density at radius 2 is 1.90 bits per heavy atom. The Morgan fingerprint density at radius 3 is 2.52 bits per heavy atom. The summed E-state index contributed by atoms with van der Waals surface area (Å²) in [6, 6.07) is 13.7. The molecule has 160 valence electrons. The van der Waals surface area contributed by atoms with Gasteiger partial charge in [0.1, 0.15) is 5.54 Å². The second kappa shape index (κ2) is 9.62. The fourth-order valence-corrected chi connectivity index (χ4v) is 4.27. The molecular weight excluding hydrogens is 418 g/mol. The lowest BCUT2D eigenvalue weighted by Crippen LogP contribution is -2.46. The molecule has 1 aliphatic rings. The Labute approximate surface area is 183 Å².